The normalized spacial score (nSPS) is 12.1. The molecule has 0 spiro atoms. The van der Waals surface area contributed by atoms with Crippen molar-refractivity contribution in [3.05, 3.63) is 24.5 Å². The van der Waals surface area contributed by atoms with Gasteiger partial charge in [-0.05, 0) is 12.1 Å². The highest BCUT2D eigenvalue weighted by Crippen LogP contribution is 2.09. The summed E-state index contributed by atoms with van der Waals surface area (Å²) in [5.41, 5.74) is 6.65. The van der Waals surface area contributed by atoms with Crippen LogP contribution in [0.2, 0.25) is 0 Å². The number of carboxylic acids is 1. The van der Waals surface area contributed by atoms with Gasteiger partial charge in [0.05, 0.1) is 6.42 Å². The molecule has 3 N–H and O–H groups in total. The Hall–Kier alpha value is -1.62. The molecule has 0 saturated carbocycles. The molecule has 0 fully saturated rings. The smallest absolute Gasteiger partial charge is 0.304 e. The summed E-state index contributed by atoms with van der Waals surface area (Å²) in [6.07, 6.45) is 3.36. The summed E-state index contributed by atoms with van der Waals surface area (Å²) in [5.74, 6) is -0.870. The number of carboxylic acid groups (broad SMARTS) is 1. The lowest BCUT2D eigenvalue weighted by molar-refractivity contribution is -0.137. The summed E-state index contributed by atoms with van der Waals surface area (Å²) < 4.78 is 0. The van der Waals surface area contributed by atoms with Gasteiger partial charge in [-0.3, -0.25) is 9.78 Å². The molecular weight excluding hydrogens is 194 g/mol. The van der Waals surface area contributed by atoms with Crippen LogP contribution in [0, 0.1) is 0 Å². The van der Waals surface area contributed by atoms with Crippen molar-refractivity contribution in [2.24, 2.45) is 5.73 Å². The molecule has 0 aliphatic heterocycles. The van der Waals surface area contributed by atoms with Crippen LogP contribution in [0.5, 0.6) is 0 Å². The van der Waals surface area contributed by atoms with E-state index in [9.17, 15) is 4.79 Å². The first-order valence-corrected chi connectivity index (χ1v) is 4.68. The molecule has 5 nitrogen and oxygen atoms in total. The average Bonchev–Trinajstić information content (AvgIpc) is 2.17. The minimum atomic E-state index is -0.870. The van der Waals surface area contributed by atoms with Crippen LogP contribution in [-0.2, 0) is 4.79 Å². The van der Waals surface area contributed by atoms with Gasteiger partial charge in [0.1, 0.15) is 0 Å². The topological polar surface area (TPSA) is 79.5 Å². The van der Waals surface area contributed by atoms with E-state index < -0.39 is 5.97 Å². The third-order valence-corrected chi connectivity index (χ3v) is 2.05. The molecule has 0 aliphatic rings. The van der Waals surface area contributed by atoms with Crippen molar-refractivity contribution in [3.8, 4) is 0 Å². The standard InChI is InChI=1S/C10H15N3O2/c1-13(7-8(11)6-10(14)15)9-2-4-12-5-3-9/h2-5,8H,6-7,11H2,1H3,(H,14,15). The van der Waals surface area contributed by atoms with E-state index in [1.54, 1.807) is 12.4 Å². The van der Waals surface area contributed by atoms with Crippen LogP contribution in [0.4, 0.5) is 5.69 Å². The molecule has 0 radical (unpaired) electrons. The first-order valence-electron chi connectivity index (χ1n) is 4.68. The second kappa shape index (κ2) is 5.31. The maximum atomic E-state index is 10.4. The van der Waals surface area contributed by atoms with Crippen molar-refractivity contribution in [2.75, 3.05) is 18.5 Å². The molecule has 82 valence electrons. The van der Waals surface area contributed by atoms with Crippen molar-refractivity contribution in [2.45, 2.75) is 12.5 Å². The van der Waals surface area contributed by atoms with Gasteiger partial charge in [0.25, 0.3) is 0 Å². The zero-order chi connectivity index (χ0) is 11.3. The van der Waals surface area contributed by atoms with Gasteiger partial charge in [0.2, 0.25) is 0 Å². The maximum absolute atomic E-state index is 10.4. The van der Waals surface area contributed by atoms with Gasteiger partial charge in [-0.2, -0.15) is 0 Å². The van der Waals surface area contributed by atoms with Gasteiger partial charge < -0.3 is 15.7 Å². The second-order valence-corrected chi connectivity index (χ2v) is 3.44. The molecule has 0 bridgehead atoms. The van der Waals surface area contributed by atoms with Crippen LogP contribution in [0.25, 0.3) is 0 Å². The number of nitrogens with zero attached hydrogens (tertiary/aromatic N) is 2. The largest absolute Gasteiger partial charge is 0.481 e. The minimum absolute atomic E-state index is 0.0184. The Balaban J connectivity index is 2.49. The Morgan fingerprint density at radius 3 is 2.73 bits per heavy atom. The van der Waals surface area contributed by atoms with Crippen molar-refractivity contribution < 1.29 is 9.90 Å². The molecule has 0 saturated heterocycles. The number of aromatic nitrogens is 1. The van der Waals surface area contributed by atoms with E-state index in [2.05, 4.69) is 4.98 Å². The van der Waals surface area contributed by atoms with Crippen LogP contribution in [0.3, 0.4) is 0 Å². The highest BCUT2D eigenvalue weighted by atomic mass is 16.4. The van der Waals surface area contributed by atoms with Crippen LogP contribution < -0.4 is 10.6 Å². The Bertz CT molecular complexity index is 316. The summed E-state index contributed by atoms with van der Waals surface area (Å²) in [4.78, 5) is 16.2. The van der Waals surface area contributed by atoms with Crippen LogP contribution in [0.1, 0.15) is 6.42 Å². The van der Waals surface area contributed by atoms with Gasteiger partial charge in [-0.25, -0.2) is 0 Å². The first kappa shape index (κ1) is 11.5. The van der Waals surface area contributed by atoms with Crippen molar-refractivity contribution in [1.29, 1.82) is 0 Å². The molecule has 1 heterocycles. The lowest BCUT2D eigenvalue weighted by Gasteiger charge is -2.22. The van der Waals surface area contributed by atoms with Gasteiger partial charge in [0.15, 0.2) is 0 Å². The average molecular weight is 209 g/mol. The van der Waals surface area contributed by atoms with E-state index in [1.807, 2.05) is 24.1 Å². The molecule has 1 unspecified atom stereocenters. The van der Waals surface area contributed by atoms with Crippen molar-refractivity contribution in [3.63, 3.8) is 0 Å². The van der Waals surface area contributed by atoms with E-state index in [0.717, 1.165) is 5.69 Å². The fourth-order valence-corrected chi connectivity index (χ4v) is 1.34. The predicted molar refractivity (Wildman–Crippen MR) is 57.7 cm³/mol. The Morgan fingerprint density at radius 1 is 1.60 bits per heavy atom. The summed E-state index contributed by atoms with van der Waals surface area (Å²) in [6, 6.07) is 3.35. The molecule has 1 rings (SSSR count). The number of likely N-dealkylation sites (N-methyl/N-ethyl adjacent to an activating group) is 1. The van der Waals surface area contributed by atoms with Crippen LogP contribution in [-0.4, -0.2) is 35.7 Å². The maximum Gasteiger partial charge on any atom is 0.304 e. The van der Waals surface area contributed by atoms with Crippen molar-refractivity contribution >= 4 is 11.7 Å². The third-order valence-electron chi connectivity index (χ3n) is 2.05. The van der Waals surface area contributed by atoms with E-state index in [-0.39, 0.29) is 12.5 Å². The summed E-state index contributed by atoms with van der Waals surface area (Å²) in [5, 5.41) is 8.56. The summed E-state index contributed by atoms with van der Waals surface area (Å²) in [7, 11) is 1.87. The van der Waals surface area contributed by atoms with Gasteiger partial charge >= 0.3 is 5.97 Å². The number of hydrogen-bond donors (Lipinski definition) is 2. The molecule has 1 aromatic heterocycles. The minimum Gasteiger partial charge on any atom is -0.481 e. The number of nitrogens with two attached hydrogens (primary N) is 1. The van der Waals surface area contributed by atoms with Gasteiger partial charge in [-0.15, -0.1) is 0 Å². The molecule has 0 aromatic carbocycles. The van der Waals surface area contributed by atoms with Gasteiger partial charge in [-0.1, -0.05) is 0 Å². The van der Waals surface area contributed by atoms with E-state index in [0.29, 0.717) is 6.54 Å². The fraction of sp³-hybridized carbons (Fsp3) is 0.400. The molecule has 1 atom stereocenters. The van der Waals surface area contributed by atoms with Crippen LogP contribution in [0.15, 0.2) is 24.5 Å². The summed E-state index contributed by atoms with van der Waals surface area (Å²) >= 11 is 0. The predicted octanol–water partition coefficient (Wildman–Crippen LogP) is 0.320. The van der Waals surface area contributed by atoms with E-state index >= 15 is 0 Å². The molecule has 5 heteroatoms. The fourth-order valence-electron chi connectivity index (χ4n) is 1.34. The van der Waals surface area contributed by atoms with Gasteiger partial charge in [0, 0.05) is 37.7 Å². The zero-order valence-corrected chi connectivity index (χ0v) is 8.63. The number of hydrogen-bond acceptors (Lipinski definition) is 4. The number of carbonyl (C=O) groups is 1. The lowest BCUT2D eigenvalue weighted by atomic mass is 10.2. The van der Waals surface area contributed by atoms with E-state index in [4.69, 9.17) is 10.8 Å². The first-order chi connectivity index (χ1) is 7.09. The third kappa shape index (κ3) is 3.95. The summed E-state index contributed by atoms with van der Waals surface area (Å²) in [6.45, 7) is 0.510. The second-order valence-electron chi connectivity index (χ2n) is 3.44. The SMILES string of the molecule is CN(CC(N)CC(=O)O)c1ccncc1. The Labute approximate surface area is 88.5 Å². The number of rotatable bonds is 5. The molecule has 15 heavy (non-hydrogen) atoms. The molecule has 0 aliphatic carbocycles. The molecule has 1 aromatic rings. The molecular formula is C10H15N3O2. The lowest BCUT2D eigenvalue weighted by Crippen LogP contribution is -2.36. The van der Waals surface area contributed by atoms with E-state index in [1.165, 1.54) is 0 Å². The Morgan fingerprint density at radius 2 is 2.20 bits per heavy atom. The highest BCUT2D eigenvalue weighted by molar-refractivity contribution is 5.67. The number of aliphatic carboxylic acids is 1. The molecule has 0 amide bonds. The quantitative estimate of drug-likeness (QED) is 0.730. The zero-order valence-electron chi connectivity index (χ0n) is 8.63. The monoisotopic (exact) mass is 209 g/mol. The highest BCUT2D eigenvalue weighted by Gasteiger charge is 2.10. The van der Waals surface area contributed by atoms with Crippen LogP contribution >= 0.6 is 0 Å². The Kier molecular flexibility index (Phi) is 4.05. The number of anilines is 1. The number of pyridine rings is 1. The van der Waals surface area contributed by atoms with Crippen molar-refractivity contribution in [1.82, 2.24) is 4.98 Å².